The maximum absolute atomic E-state index is 12.0. The summed E-state index contributed by atoms with van der Waals surface area (Å²) in [7, 11) is 0. The molecule has 22 heavy (non-hydrogen) atoms. The molecule has 1 saturated heterocycles. The van der Waals surface area contributed by atoms with Crippen molar-refractivity contribution in [2.75, 3.05) is 19.8 Å². The Hall–Kier alpha value is -2.25. The molecule has 0 aliphatic carbocycles. The molecule has 1 aliphatic heterocycles. The molecule has 116 valence electrons. The molecule has 1 aliphatic rings. The molecule has 1 atom stereocenters. The van der Waals surface area contributed by atoms with Gasteiger partial charge in [-0.1, -0.05) is 18.2 Å². The molecule has 3 rings (SSSR count). The van der Waals surface area contributed by atoms with E-state index in [1.807, 2.05) is 34.9 Å². The minimum Gasteiger partial charge on any atom is -0.378 e. The second kappa shape index (κ2) is 7.15. The highest BCUT2D eigenvalue weighted by atomic mass is 16.5. The number of ether oxygens (including phenoxy) is 1. The average Bonchev–Trinajstić information content (AvgIpc) is 3.03. The zero-order chi connectivity index (χ0) is 15.2. The Kier molecular flexibility index (Phi) is 4.77. The molecule has 0 saturated carbocycles. The van der Waals surface area contributed by atoms with Gasteiger partial charge in [-0.2, -0.15) is 0 Å². The van der Waals surface area contributed by atoms with E-state index in [0.29, 0.717) is 32.0 Å². The van der Waals surface area contributed by atoms with Crippen LogP contribution in [0.1, 0.15) is 12.2 Å². The SMILES string of the molecule is O=C(CC1COCCN1)NCc1nncn1-c1ccccc1. The first kappa shape index (κ1) is 14.7. The van der Waals surface area contributed by atoms with Crippen molar-refractivity contribution in [3.63, 3.8) is 0 Å². The monoisotopic (exact) mass is 301 g/mol. The van der Waals surface area contributed by atoms with E-state index in [0.717, 1.165) is 12.2 Å². The van der Waals surface area contributed by atoms with Gasteiger partial charge in [0.25, 0.3) is 0 Å². The molecule has 0 spiro atoms. The van der Waals surface area contributed by atoms with Crippen molar-refractivity contribution in [2.24, 2.45) is 0 Å². The van der Waals surface area contributed by atoms with Gasteiger partial charge in [0.2, 0.25) is 5.91 Å². The third-order valence-electron chi connectivity index (χ3n) is 3.53. The molecule has 0 bridgehead atoms. The Morgan fingerprint density at radius 1 is 1.41 bits per heavy atom. The first-order chi connectivity index (χ1) is 10.8. The van der Waals surface area contributed by atoms with E-state index in [1.165, 1.54) is 0 Å². The number of hydrogen-bond acceptors (Lipinski definition) is 5. The second-order valence-corrected chi connectivity index (χ2v) is 5.16. The van der Waals surface area contributed by atoms with Crippen molar-refractivity contribution in [2.45, 2.75) is 19.0 Å². The first-order valence-corrected chi connectivity index (χ1v) is 7.35. The van der Waals surface area contributed by atoms with E-state index in [4.69, 9.17) is 4.74 Å². The molecule has 1 aromatic heterocycles. The van der Waals surface area contributed by atoms with Gasteiger partial charge >= 0.3 is 0 Å². The lowest BCUT2D eigenvalue weighted by atomic mass is 10.2. The summed E-state index contributed by atoms with van der Waals surface area (Å²) < 4.78 is 7.20. The van der Waals surface area contributed by atoms with E-state index in [2.05, 4.69) is 20.8 Å². The number of benzene rings is 1. The van der Waals surface area contributed by atoms with Crippen molar-refractivity contribution in [1.29, 1.82) is 0 Å². The third-order valence-corrected chi connectivity index (χ3v) is 3.53. The van der Waals surface area contributed by atoms with Crippen molar-refractivity contribution in [3.05, 3.63) is 42.5 Å². The second-order valence-electron chi connectivity index (χ2n) is 5.16. The highest BCUT2D eigenvalue weighted by Gasteiger charge is 2.17. The topological polar surface area (TPSA) is 81.1 Å². The van der Waals surface area contributed by atoms with Crippen LogP contribution in [0.2, 0.25) is 0 Å². The predicted molar refractivity (Wildman–Crippen MR) is 80.4 cm³/mol. The number of nitrogens with one attached hydrogen (secondary N) is 2. The number of morpholine rings is 1. The molecule has 1 fully saturated rings. The standard InChI is InChI=1S/C15H19N5O2/c21-15(8-12-10-22-7-6-16-12)17-9-14-19-18-11-20(14)13-4-2-1-3-5-13/h1-5,11-12,16H,6-10H2,(H,17,21). The van der Waals surface area contributed by atoms with Crippen LogP contribution in [0.25, 0.3) is 5.69 Å². The fraction of sp³-hybridized carbons (Fsp3) is 0.400. The third kappa shape index (κ3) is 3.69. The molecule has 7 nitrogen and oxygen atoms in total. The smallest absolute Gasteiger partial charge is 0.222 e. The number of carbonyl (C=O) groups excluding carboxylic acids is 1. The molecule has 0 radical (unpaired) electrons. The van der Waals surface area contributed by atoms with E-state index in [1.54, 1.807) is 6.33 Å². The Bertz CT molecular complexity index is 607. The molecule has 1 unspecified atom stereocenters. The fourth-order valence-corrected chi connectivity index (χ4v) is 2.41. The molecular formula is C15H19N5O2. The lowest BCUT2D eigenvalue weighted by Crippen LogP contribution is -2.44. The Labute approximate surface area is 128 Å². The highest BCUT2D eigenvalue weighted by molar-refractivity contribution is 5.76. The maximum atomic E-state index is 12.0. The number of aromatic nitrogens is 3. The van der Waals surface area contributed by atoms with Crippen LogP contribution in [-0.4, -0.2) is 46.5 Å². The minimum atomic E-state index is -0.0226. The minimum absolute atomic E-state index is 0.0226. The summed E-state index contributed by atoms with van der Waals surface area (Å²) >= 11 is 0. The summed E-state index contributed by atoms with van der Waals surface area (Å²) in [5.74, 6) is 0.679. The van der Waals surface area contributed by atoms with Gasteiger partial charge in [0.05, 0.1) is 19.8 Å². The number of para-hydroxylation sites is 1. The Morgan fingerprint density at radius 3 is 3.05 bits per heavy atom. The number of carbonyl (C=O) groups is 1. The molecule has 7 heteroatoms. The number of hydrogen-bond donors (Lipinski definition) is 2. The largest absolute Gasteiger partial charge is 0.378 e. The van der Waals surface area contributed by atoms with Gasteiger partial charge in [-0.25, -0.2) is 0 Å². The van der Waals surface area contributed by atoms with Crippen LogP contribution >= 0.6 is 0 Å². The molecule has 2 heterocycles. The molecule has 1 amide bonds. The van der Waals surface area contributed by atoms with Crippen LogP contribution in [0.15, 0.2) is 36.7 Å². The van der Waals surface area contributed by atoms with Gasteiger partial charge in [-0.15, -0.1) is 10.2 Å². The lowest BCUT2D eigenvalue weighted by molar-refractivity contribution is -0.122. The predicted octanol–water partition coefficient (Wildman–Crippen LogP) is 0.262. The number of rotatable bonds is 5. The zero-order valence-corrected chi connectivity index (χ0v) is 12.2. The summed E-state index contributed by atoms with van der Waals surface area (Å²) in [6.45, 7) is 2.42. The van der Waals surface area contributed by atoms with Gasteiger partial charge in [0.15, 0.2) is 5.82 Å². The normalized spacial score (nSPS) is 18.1. The van der Waals surface area contributed by atoms with Crippen molar-refractivity contribution in [3.8, 4) is 5.69 Å². The number of amides is 1. The van der Waals surface area contributed by atoms with E-state index < -0.39 is 0 Å². The van der Waals surface area contributed by atoms with E-state index in [-0.39, 0.29) is 11.9 Å². The van der Waals surface area contributed by atoms with Gasteiger partial charge in [0.1, 0.15) is 6.33 Å². The van der Waals surface area contributed by atoms with E-state index >= 15 is 0 Å². The van der Waals surface area contributed by atoms with Gasteiger partial charge in [0, 0.05) is 24.7 Å². The molecule has 2 aromatic rings. The summed E-state index contributed by atoms with van der Waals surface area (Å²) in [5, 5.41) is 14.1. The lowest BCUT2D eigenvalue weighted by Gasteiger charge is -2.23. The highest BCUT2D eigenvalue weighted by Crippen LogP contribution is 2.08. The first-order valence-electron chi connectivity index (χ1n) is 7.35. The van der Waals surface area contributed by atoms with Gasteiger partial charge in [-0.3, -0.25) is 9.36 Å². The van der Waals surface area contributed by atoms with Gasteiger partial charge < -0.3 is 15.4 Å². The van der Waals surface area contributed by atoms with Gasteiger partial charge in [-0.05, 0) is 12.1 Å². The van der Waals surface area contributed by atoms with Crippen LogP contribution in [0.5, 0.6) is 0 Å². The molecular weight excluding hydrogens is 282 g/mol. The summed E-state index contributed by atoms with van der Waals surface area (Å²) in [6, 6.07) is 9.88. The van der Waals surface area contributed by atoms with Crippen molar-refractivity contribution in [1.82, 2.24) is 25.4 Å². The number of nitrogens with zero attached hydrogens (tertiary/aromatic N) is 3. The van der Waals surface area contributed by atoms with Crippen LogP contribution in [0, 0.1) is 0 Å². The van der Waals surface area contributed by atoms with Crippen LogP contribution in [-0.2, 0) is 16.1 Å². The van der Waals surface area contributed by atoms with Crippen LogP contribution in [0.3, 0.4) is 0 Å². The molecule has 1 aromatic carbocycles. The van der Waals surface area contributed by atoms with Crippen molar-refractivity contribution < 1.29 is 9.53 Å². The van der Waals surface area contributed by atoms with Crippen LogP contribution < -0.4 is 10.6 Å². The quantitative estimate of drug-likeness (QED) is 0.828. The average molecular weight is 301 g/mol. The Morgan fingerprint density at radius 2 is 2.27 bits per heavy atom. The van der Waals surface area contributed by atoms with E-state index in [9.17, 15) is 4.79 Å². The summed E-state index contributed by atoms with van der Waals surface area (Å²) in [4.78, 5) is 12.0. The zero-order valence-electron chi connectivity index (χ0n) is 12.2. The fourth-order valence-electron chi connectivity index (χ4n) is 2.41. The summed E-state index contributed by atoms with van der Waals surface area (Å²) in [5.41, 5.74) is 0.971. The summed E-state index contributed by atoms with van der Waals surface area (Å²) in [6.07, 6.45) is 2.05. The molecule has 2 N–H and O–H groups in total. The van der Waals surface area contributed by atoms with Crippen LogP contribution in [0.4, 0.5) is 0 Å². The van der Waals surface area contributed by atoms with Crippen molar-refractivity contribution >= 4 is 5.91 Å². The maximum Gasteiger partial charge on any atom is 0.222 e. The Balaban J connectivity index is 1.55.